The maximum Gasteiger partial charge on any atom is 0.121 e. The number of hydrogen-bond acceptors (Lipinski definition) is 3. The van der Waals surface area contributed by atoms with E-state index in [0.29, 0.717) is 11.8 Å². The molecule has 0 aliphatic heterocycles. The zero-order valence-corrected chi connectivity index (χ0v) is 44.3. The van der Waals surface area contributed by atoms with Crippen molar-refractivity contribution in [1.82, 2.24) is 14.5 Å². The van der Waals surface area contributed by atoms with Gasteiger partial charge in [-0.2, -0.15) is 0 Å². The minimum absolute atomic E-state index is 0. The van der Waals surface area contributed by atoms with E-state index >= 15 is 0 Å². The van der Waals surface area contributed by atoms with Crippen molar-refractivity contribution in [2.75, 3.05) is 0 Å². The first-order valence-electron chi connectivity index (χ1n) is 24.2. The summed E-state index contributed by atoms with van der Waals surface area (Å²) in [4.78, 5) is 9.96. The molecule has 341 valence electrons. The normalized spacial score (nSPS) is 12.7. The van der Waals surface area contributed by atoms with Gasteiger partial charge in [-0.3, -0.25) is 4.98 Å². The van der Waals surface area contributed by atoms with E-state index in [-0.39, 0.29) is 31.4 Å². The zero-order valence-electron chi connectivity index (χ0n) is 42.9. The van der Waals surface area contributed by atoms with Crippen molar-refractivity contribution in [2.24, 2.45) is 5.92 Å². The van der Waals surface area contributed by atoms with Crippen LogP contribution in [0.15, 0.2) is 132 Å². The fourth-order valence-electron chi connectivity index (χ4n) is 8.76. The number of para-hydroxylation sites is 2. The molecule has 9 rings (SSSR count). The Kier molecular flexibility index (Phi) is 13.5. The number of nitrogens with zero attached hydrogens (tertiary/aromatic N) is 3. The SMILES string of the molecule is Cc1ccc2c(c1)oc1c(-c3nc4ccccc4n3-c3c(C(C)C)cc(-c4ccccc4)cc3C(C)C)[c-]ccc12.[2H]C([2H])(c1cc(-c2[c-]ccc(C(C)(C)C)c2)ncc1[Si](C)(C)C)C(C)C.[Ir]. The van der Waals surface area contributed by atoms with Gasteiger partial charge in [0.15, 0.2) is 0 Å². The molecule has 4 nitrogen and oxygen atoms in total. The number of aromatic nitrogens is 3. The smallest absolute Gasteiger partial charge is 0.121 e. The van der Waals surface area contributed by atoms with Gasteiger partial charge in [0.25, 0.3) is 0 Å². The van der Waals surface area contributed by atoms with E-state index in [0.717, 1.165) is 66.4 Å². The third-order valence-corrected chi connectivity index (χ3v) is 14.2. The summed E-state index contributed by atoms with van der Waals surface area (Å²) in [7, 11) is -1.71. The van der Waals surface area contributed by atoms with Gasteiger partial charge in [0.2, 0.25) is 0 Å². The van der Waals surface area contributed by atoms with Crippen LogP contribution in [0, 0.1) is 25.0 Å². The molecule has 6 aromatic carbocycles. The number of imidazole rings is 1. The average Bonchev–Trinajstić information content (AvgIpc) is 3.86. The van der Waals surface area contributed by atoms with Crippen LogP contribution < -0.4 is 5.19 Å². The van der Waals surface area contributed by atoms with E-state index < -0.39 is 14.4 Å². The topological polar surface area (TPSA) is 43.9 Å². The molecule has 3 aromatic heterocycles. The Balaban J connectivity index is 0.000000220. The third kappa shape index (κ3) is 9.98. The molecular formula is C60H65IrN3OSi-2. The molecule has 0 saturated carbocycles. The van der Waals surface area contributed by atoms with E-state index in [1.165, 1.54) is 39.1 Å². The number of hydrogen-bond donors (Lipinski definition) is 0. The van der Waals surface area contributed by atoms with Crippen LogP contribution in [-0.4, -0.2) is 22.6 Å². The van der Waals surface area contributed by atoms with Gasteiger partial charge >= 0.3 is 0 Å². The largest absolute Gasteiger partial charge is 0.501 e. The van der Waals surface area contributed by atoms with Crippen LogP contribution in [0.5, 0.6) is 0 Å². The van der Waals surface area contributed by atoms with E-state index in [4.69, 9.17) is 17.1 Å². The van der Waals surface area contributed by atoms with Crippen molar-refractivity contribution >= 4 is 46.2 Å². The number of pyridine rings is 1. The van der Waals surface area contributed by atoms with Gasteiger partial charge in [-0.1, -0.05) is 159 Å². The molecule has 66 heavy (non-hydrogen) atoms. The van der Waals surface area contributed by atoms with Crippen LogP contribution in [0.3, 0.4) is 0 Å². The van der Waals surface area contributed by atoms with E-state index in [2.05, 4.69) is 195 Å². The number of rotatable bonds is 9. The van der Waals surface area contributed by atoms with Crippen molar-refractivity contribution in [2.45, 2.75) is 113 Å². The monoisotopic (exact) mass is 1070 g/mol. The fraction of sp³-hybridized carbons (Fsp3) is 0.300. The van der Waals surface area contributed by atoms with Crippen LogP contribution in [0.1, 0.15) is 105 Å². The molecule has 0 aliphatic carbocycles. The Labute approximate surface area is 411 Å². The minimum atomic E-state index is -1.71. The molecular weight excluding hydrogens is 999 g/mol. The molecule has 0 spiro atoms. The standard InChI is InChI=1S/C38H33N2O.C22H32NSi.Ir/c1-23(2)31-21-27(26-12-7-6-8-13-26)22-32(24(3)4)36(31)40-34-17-10-9-16-33(34)39-38(40)30-15-11-14-29-28-19-18-25(5)20-35(28)41-37(29)30;1-16(2)12-18-14-20(23-15-21(18)24(6,7)8)17-10-9-11-19(13-17)22(3,4)5;/h6-14,16-24H,1-5H3;9,11,13-16H,12H2,1-8H3;/q2*-1;/i;12D2;. The summed E-state index contributed by atoms with van der Waals surface area (Å²) in [5.74, 6) is 1.35. The van der Waals surface area contributed by atoms with Crippen molar-refractivity contribution in [3.63, 3.8) is 0 Å². The van der Waals surface area contributed by atoms with Crippen LogP contribution in [0.25, 0.3) is 72.4 Å². The van der Waals surface area contributed by atoms with Crippen LogP contribution in [0.2, 0.25) is 19.6 Å². The molecule has 0 aliphatic rings. The number of benzene rings is 6. The summed E-state index contributed by atoms with van der Waals surface area (Å²) in [6, 6.07) is 49.3. The third-order valence-electron chi connectivity index (χ3n) is 12.2. The van der Waals surface area contributed by atoms with Gasteiger partial charge in [-0.05, 0) is 105 Å². The zero-order chi connectivity index (χ0) is 48.2. The minimum Gasteiger partial charge on any atom is -0.501 e. The van der Waals surface area contributed by atoms with E-state index in [1.807, 2.05) is 38.2 Å². The van der Waals surface area contributed by atoms with Gasteiger partial charge in [-0.25, -0.2) is 0 Å². The second kappa shape index (κ2) is 19.4. The summed E-state index contributed by atoms with van der Waals surface area (Å²) in [5.41, 5.74) is 15.9. The van der Waals surface area contributed by atoms with Gasteiger partial charge in [0, 0.05) is 40.1 Å². The maximum atomic E-state index is 8.69. The van der Waals surface area contributed by atoms with Crippen LogP contribution in [-0.2, 0) is 31.9 Å². The Hall–Kier alpha value is -5.39. The fourth-order valence-corrected chi connectivity index (χ4v) is 10.2. The first kappa shape index (κ1) is 45.7. The maximum absolute atomic E-state index is 8.69. The van der Waals surface area contributed by atoms with Gasteiger partial charge in [0.05, 0.1) is 30.5 Å². The van der Waals surface area contributed by atoms with Gasteiger partial charge < -0.3 is 14.0 Å². The summed E-state index contributed by atoms with van der Waals surface area (Å²) in [6.45, 7) is 28.4. The van der Waals surface area contributed by atoms with Gasteiger partial charge in [-0.15, -0.1) is 53.6 Å². The summed E-state index contributed by atoms with van der Waals surface area (Å²) in [5, 5.41) is 3.30. The van der Waals surface area contributed by atoms with Crippen molar-refractivity contribution in [3.8, 4) is 39.5 Å². The van der Waals surface area contributed by atoms with Crippen LogP contribution >= 0.6 is 0 Å². The van der Waals surface area contributed by atoms with E-state index in [9.17, 15) is 0 Å². The number of aryl methyl sites for hydroxylation is 1. The quantitative estimate of drug-likeness (QED) is 0.107. The summed E-state index contributed by atoms with van der Waals surface area (Å²) >= 11 is 0. The molecule has 0 unspecified atom stereocenters. The molecule has 0 amide bonds. The molecule has 9 aromatic rings. The molecule has 0 bridgehead atoms. The predicted molar refractivity (Wildman–Crippen MR) is 280 cm³/mol. The Morgan fingerprint density at radius 2 is 1.41 bits per heavy atom. The van der Waals surface area contributed by atoms with Gasteiger partial charge in [0.1, 0.15) is 5.58 Å². The number of fused-ring (bicyclic) bond motifs is 4. The molecule has 0 atom stereocenters. The second-order valence-electron chi connectivity index (χ2n) is 20.5. The van der Waals surface area contributed by atoms with Crippen LogP contribution in [0.4, 0.5) is 0 Å². The first-order valence-corrected chi connectivity index (χ1v) is 26.7. The van der Waals surface area contributed by atoms with Crippen molar-refractivity contribution in [3.05, 3.63) is 167 Å². The predicted octanol–water partition coefficient (Wildman–Crippen LogP) is 16.2. The molecule has 1 radical (unpaired) electrons. The number of furan rings is 1. The molecule has 3 heterocycles. The Bertz CT molecular complexity index is 3210. The van der Waals surface area contributed by atoms with Crippen molar-refractivity contribution in [1.29, 1.82) is 0 Å². The molecule has 0 fully saturated rings. The molecule has 0 saturated heterocycles. The molecule has 6 heteroatoms. The Morgan fingerprint density at radius 1 is 0.742 bits per heavy atom. The van der Waals surface area contributed by atoms with Crippen molar-refractivity contribution < 1.29 is 27.3 Å². The summed E-state index contributed by atoms with van der Waals surface area (Å²) in [6.07, 6.45) is 0.531. The summed E-state index contributed by atoms with van der Waals surface area (Å²) < 4.78 is 26.3. The first-order chi connectivity index (χ1) is 31.6. The Morgan fingerprint density at radius 3 is 2.06 bits per heavy atom. The average molecular weight is 1070 g/mol. The molecule has 0 N–H and O–H groups in total. The van der Waals surface area contributed by atoms with E-state index in [1.54, 1.807) is 0 Å². The second-order valence-corrected chi connectivity index (χ2v) is 25.6.